The molecule has 0 atom stereocenters. The summed E-state index contributed by atoms with van der Waals surface area (Å²) in [6.07, 6.45) is 3.22. The molecule has 3 rings (SSSR count). The van der Waals surface area contributed by atoms with Gasteiger partial charge in [0.15, 0.2) is 0 Å². The molecule has 0 bridgehead atoms. The summed E-state index contributed by atoms with van der Waals surface area (Å²) in [5, 5.41) is 0. The second-order valence-electron chi connectivity index (χ2n) is 4.06. The SMILES string of the molecule is Cc1cc(-c2nc3ccncc3[nH]2)c(F)cc1F. The Morgan fingerprint density at radius 1 is 1.17 bits per heavy atom. The van der Waals surface area contributed by atoms with E-state index < -0.39 is 11.6 Å². The molecule has 5 heteroatoms. The lowest BCUT2D eigenvalue weighted by molar-refractivity contribution is 0.579. The molecule has 1 N–H and O–H groups in total. The van der Waals surface area contributed by atoms with Crippen LogP contribution in [0, 0.1) is 18.6 Å². The van der Waals surface area contributed by atoms with Crippen LogP contribution in [-0.4, -0.2) is 15.0 Å². The van der Waals surface area contributed by atoms with E-state index in [0.29, 0.717) is 22.4 Å². The predicted molar refractivity (Wildman–Crippen MR) is 64.0 cm³/mol. The molecule has 0 radical (unpaired) electrons. The molecule has 0 aliphatic rings. The van der Waals surface area contributed by atoms with Gasteiger partial charge in [-0.15, -0.1) is 0 Å². The topological polar surface area (TPSA) is 41.6 Å². The highest BCUT2D eigenvalue weighted by atomic mass is 19.1. The fourth-order valence-corrected chi connectivity index (χ4v) is 1.82. The summed E-state index contributed by atoms with van der Waals surface area (Å²) in [5.41, 5.74) is 2.05. The number of aryl methyl sites for hydroxylation is 1. The van der Waals surface area contributed by atoms with E-state index in [2.05, 4.69) is 15.0 Å². The van der Waals surface area contributed by atoms with Crippen LogP contribution in [0.5, 0.6) is 0 Å². The number of nitrogens with zero attached hydrogens (tertiary/aromatic N) is 2. The number of hydrogen-bond donors (Lipinski definition) is 1. The first kappa shape index (κ1) is 10.8. The minimum atomic E-state index is -0.634. The molecule has 0 aliphatic carbocycles. The highest BCUT2D eigenvalue weighted by Gasteiger charge is 2.12. The molecule has 0 saturated heterocycles. The van der Waals surface area contributed by atoms with Crippen molar-refractivity contribution in [3.05, 3.63) is 47.8 Å². The van der Waals surface area contributed by atoms with E-state index in [1.54, 1.807) is 25.4 Å². The fraction of sp³-hybridized carbons (Fsp3) is 0.0769. The van der Waals surface area contributed by atoms with E-state index in [1.807, 2.05) is 0 Å². The van der Waals surface area contributed by atoms with Crippen molar-refractivity contribution in [2.75, 3.05) is 0 Å². The Morgan fingerprint density at radius 2 is 2.00 bits per heavy atom. The van der Waals surface area contributed by atoms with Crippen molar-refractivity contribution in [2.24, 2.45) is 0 Å². The second-order valence-corrected chi connectivity index (χ2v) is 4.06. The zero-order valence-electron chi connectivity index (χ0n) is 9.54. The molecule has 2 heterocycles. The van der Waals surface area contributed by atoms with E-state index >= 15 is 0 Å². The van der Waals surface area contributed by atoms with Crippen molar-refractivity contribution in [3.8, 4) is 11.4 Å². The monoisotopic (exact) mass is 245 g/mol. The lowest BCUT2D eigenvalue weighted by atomic mass is 10.1. The second kappa shape index (κ2) is 3.87. The van der Waals surface area contributed by atoms with Crippen molar-refractivity contribution < 1.29 is 8.78 Å². The van der Waals surface area contributed by atoms with Gasteiger partial charge in [-0.1, -0.05) is 0 Å². The number of aromatic nitrogens is 3. The zero-order valence-corrected chi connectivity index (χ0v) is 9.54. The Hall–Kier alpha value is -2.30. The Morgan fingerprint density at radius 3 is 2.78 bits per heavy atom. The number of aromatic amines is 1. The molecule has 2 aromatic heterocycles. The molecule has 0 aliphatic heterocycles. The Balaban J connectivity index is 2.22. The standard InChI is InChI=1S/C13H9F2N3/c1-7-4-8(10(15)5-9(7)14)13-17-11-2-3-16-6-12(11)18-13/h2-6H,1H3,(H,17,18). The maximum Gasteiger partial charge on any atom is 0.141 e. The first-order valence-electron chi connectivity index (χ1n) is 5.41. The average molecular weight is 245 g/mol. The molecule has 3 aromatic rings. The number of imidazole rings is 1. The molecule has 0 amide bonds. The number of benzene rings is 1. The van der Waals surface area contributed by atoms with Gasteiger partial charge in [0.05, 0.1) is 22.8 Å². The third-order valence-electron chi connectivity index (χ3n) is 2.79. The third kappa shape index (κ3) is 1.64. The Labute approximate surface area is 102 Å². The number of H-pyrrole nitrogens is 1. The molecule has 0 spiro atoms. The maximum atomic E-state index is 13.7. The van der Waals surface area contributed by atoms with Crippen LogP contribution >= 0.6 is 0 Å². The van der Waals surface area contributed by atoms with Crippen LogP contribution in [0.3, 0.4) is 0 Å². The van der Waals surface area contributed by atoms with Gasteiger partial charge < -0.3 is 4.98 Å². The molecule has 0 unspecified atom stereocenters. The molecule has 18 heavy (non-hydrogen) atoms. The summed E-state index contributed by atoms with van der Waals surface area (Å²) in [6, 6.07) is 4.04. The maximum absolute atomic E-state index is 13.7. The van der Waals surface area contributed by atoms with Gasteiger partial charge in [0, 0.05) is 12.3 Å². The van der Waals surface area contributed by atoms with Gasteiger partial charge in [-0.2, -0.15) is 0 Å². The van der Waals surface area contributed by atoms with Crippen LogP contribution in [-0.2, 0) is 0 Å². The van der Waals surface area contributed by atoms with Crippen LogP contribution in [0.15, 0.2) is 30.6 Å². The quantitative estimate of drug-likeness (QED) is 0.715. The van der Waals surface area contributed by atoms with Gasteiger partial charge >= 0.3 is 0 Å². The van der Waals surface area contributed by atoms with Crippen LogP contribution in [0.2, 0.25) is 0 Å². The lowest BCUT2D eigenvalue weighted by Gasteiger charge is -2.02. The molecule has 1 aromatic carbocycles. The number of pyridine rings is 1. The van der Waals surface area contributed by atoms with Crippen molar-refractivity contribution in [2.45, 2.75) is 6.92 Å². The average Bonchev–Trinajstić information content (AvgIpc) is 2.77. The summed E-state index contributed by atoms with van der Waals surface area (Å²) in [5.74, 6) is -0.822. The van der Waals surface area contributed by atoms with Crippen molar-refractivity contribution in [1.29, 1.82) is 0 Å². The Bertz CT molecular complexity index is 701. The smallest absolute Gasteiger partial charge is 0.141 e. The summed E-state index contributed by atoms with van der Waals surface area (Å²) >= 11 is 0. The number of rotatable bonds is 1. The van der Waals surface area contributed by atoms with Crippen LogP contribution < -0.4 is 0 Å². The van der Waals surface area contributed by atoms with Crippen LogP contribution in [0.1, 0.15) is 5.56 Å². The normalized spacial score (nSPS) is 11.1. The number of hydrogen-bond acceptors (Lipinski definition) is 2. The Kier molecular flexibility index (Phi) is 2.33. The van der Waals surface area contributed by atoms with Crippen LogP contribution in [0.4, 0.5) is 8.78 Å². The lowest BCUT2D eigenvalue weighted by Crippen LogP contribution is -1.91. The van der Waals surface area contributed by atoms with Crippen molar-refractivity contribution >= 4 is 11.0 Å². The van der Waals surface area contributed by atoms with Gasteiger partial charge in [-0.3, -0.25) is 4.98 Å². The molecular formula is C13H9F2N3. The van der Waals surface area contributed by atoms with E-state index in [0.717, 1.165) is 6.07 Å². The fourth-order valence-electron chi connectivity index (χ4n) is 1.82. The molecule has 0 fully saturated rings. The largest absolute Gasteiger partial charge is 0.337 e. The highest BCUT2D eigenvalue weighted by Crippen LogP contribution is 2.25. The number of halogens is 2. The van der Waals surface area contributed by atoms with Gasteiger partial charge in [0.1, 0.15) is 17.5 Å². The van der Waals surface area contributed by atoms with Crippen LogP contribution in [0.25, 0.3) is 22.4 Å². The summed E-state index contributed by atoms with van der Waals surface area (Å²) in [4.78, 5) is 11.2. The minimum Gasteiger partial charge on any atom is -0.337 e. The first-order chi connectivity index (χ1) is 8.65. The first-order valence-corrected chi connectivity index (χ1v) is 5.41. The van der Waals surface area contributed by atoms with Crippen molar-refractivity contribution in [1.82, 2.24) is 15.0 Å². The summed E-state index contributed by atoms with van der Waals surface area (Å²) in [6.45, 7) is 1.59. The van der Waals surface area contributed by atoms with Gasteiger partial charge in [0.25, 0.3) is 0 Å². The summed E-state index contributed by atoms with van der Waals surface area (Å²) in [7, 11) is 0. The van der Waals surface area contributed by atoms with Gasteiger partial charge in [-0.25, -0.2) is 13.8 Å². The van der Waals surface area contributed by atoms with E-state index in [4.69, 9.17) is 0 Å². The highest BCUT2D eigenvalue weighted by molar-refractivity contribution is 5.78. The van der Waals surface area contributed by atoms with E-state index in [-0.39, 0.29) is 5.56 Å². The van der Waals surface area contributed by atoms with Gasteiger partial charge in [0.2, 0.25) is 0 Å². The molecule has 0 saturated carbocycles. The third-order valence-corrected chi connectivity index (χ3v) is 2.79. The number of nitrogens with one attached hydrogen (secondary N) is 1. The van der Waals surface area contributed by atoms with E-state index in [1.165, 1.54) is 6.07 Å². The minimum absolute atomic E-state index is 0.255. The van der Waals surface area contributed by atoms with E-state index in [9.17, 15) is 8.78 Å². The van der Waals surface area contributed by atoms with Crippen molar-refractivity contribution in [3.63, 3.8) is 0 Å². The van der Waals surface area contributed by atoms with Gasteiger partial charge in [-0.05, 0) is 24.6 Å². The molecule has 90 valence electrons. The molecule has 3 nitrogen and oxygen atoms in total. The predicted octanol–water partition coefficient (Wildman–Crippen LogP) is 3.21. The summed E-state index contributed by atoms with van der Waals surface area (Å²) < 4.78 is 26.9. The molecular weight excluding hydrogens is 236 g/mol. The number of fused-ring (bicyclic) bond motifs is 1. The zero-order chi connectivity index (χ0) is 12.7.